The number of anilines is 3. The first kappa shape index (κ1) is 18.4. The molecule has 0 unspecified atom stereocenters. The number of hydrogen-bond donors (Lipinski definition) is 2. The van der Waals surface area contributed by atoms with Crippen molar-refractivity contribution in [2.24, 2.45) is 0 Å². The molecule has 0 saturated carbocycles. The van der Waals surface area contributed by atoms with E-state index in [1.54, 1.807) is 6.20 Å². The van der Waals surface area contributed by atoms with E-state index < -0.39 is 0 Å². The van der Waals surface area contributed by atoms with Gasteiger partial charge >= 0.3 is 0 Å². The van der Waals surface area contributed by atoms with Crippen LogP contribution in [-0.2, 0) is 6.42 Å². The van der Waals surface area contributed by atoms with Gasteiger partial charge in [-0.1, -0.05) is 48.5 Å². The minimum absolute atomic E-state index is 0.495. The smallest absolute Gasteiger partial charge is 0.244 e. The lowest BCUT2D eigenvalue weighted by molar-refractivity contribution is 0.483. The third-order valence-electron chi connectivity index (χ3n) is 4.20. The summed E-state index contributed by atoms with van der Waals surface area (Å²) in [6, 6.07) is 27.7. The Morgan fingerprint density at radius 3 is 2.21 bits per heavy atom. The number of aromatic nitrogens is 3. The molecule has 0 aliphatic carbocycles. The highest BCUT2D eigenvalue weighted by Crippen LogP contribution is 2.23. The second kappa shape index (κ2) is 9.32. The number of ether oxygens (including phenoxy) is 1. The van der Waals surface area contributed by atoms with Gasteiger partial charge in [0.1, 0.15) is 11.5 Å². The van der Waals surface area contributed by atoms with Crippen LogP contribution in [-0.4, -0.2) is 21.7 Å². The minimum Gasteiger partial charge on any atom is -0.457 e. The van der Waals surface area contributed by atoms with Crippen molar-refractivity contribution >= 4 is 17.5 Å². The van der Waals surface area contributed by atoms with E-state index in [1.165, 1.54) is 5.56 Å². The Kier molecular flexibility index (Phi) is 5.93. The average Bonchev–Trinajstić information content (AvgIpc) is 2.77. The fraction of sp³-hybridized carbons (Fsp3) is 0.0870. The molecule has 0 radical (unpaired) electrons. The largest absolute Gasteiger partial charge is 0.457 e. The zero-order valence-corrected chi connectivity index (χ0v) is 15.8. The SMILES string of the molecule is c1ccc(CCNc2nncc(Nc3ccc(Oc4ccccc4)cc3)n2)cc1. The van der Waals surface area contributed by atoms with Gasteiger partial charge in [0, 0.05) is 12.2 Å². The maximum Gasteiger partial charge on any atom is 0.244 e. The van der Waals surface area contributed by atoms with Gasteiger partial charge in [-0.3, -0.25) is 0 Å². The van der Waals surface area contributed by atoms with Crippen LogP contribution in [0.3, 0.4) is 0 Å². The molecule has 0 saturated heterocycles. The number of nitrogens with one attached hydrogen (secondary N) is 2. The number of para-hydroxylation sites is 1. The quantitative estimate of drug-likeness (QED) is 0.443. The highest BCUT2D eigenvalue weighted by molar-refractivity contribution is 5.57. The number of rotatable bonds is 8. The highest BCUT2D eigenvalue weighted by atomic mass is 16.5. The molecule has 144 valence electrons. The summed E-state index contributed by atoms with van der Waals surface area (Å²) in [4.78, 5) is 4.46. The Morgan fingerprint density at radius 1 is 0.759 bits per heavy atom. The third kappa shape index (κ3) is 5.52. The second-order valence-corrected chi connectivity index (χ2v) is 6.39. The van der Waals surface area contributed by atoms with Crippen molar-refractivity contribution < 1.29 is 4.74 Å². The molecule has 6 heteroatoms. The average molecular weight is 383 g/mol. The van der Waals surface area contributed by atoms with Gasteiger partial charge in [-0.2, -0.15) is 10.1 Å². The minimum atomic E-state index is 0.495. The molecule has 0 bridgehead atoms. The standard InChI is InChI=1S/C23H21N5O/c1-3-7-18(8-4-1)15-16-24-23-27-22(17-25-28-23)26-19-11-13-21(14-12-19)29-20-9-5-2-6-10-20/h1-14,17H,15-16H2,(H2,24,26,27,28). The predicted molar refractivity (Wildman–Crippen MR) is 115 cm³/mol. The van der Waals surface area contributed by atoms with Gasteiger partial charge in [0.25, 0.3) is 0 Å². The van der Waals surface area contributed by atoms with Crippen molar-refractivity contribution in [3.05, 3.63) is 96.7 Å². The van der Waals surface area contributed by atoms with Crippen LogP contribution >= 0.6 is 0 Å². The van der Waals surface area contributed by atoms with E-state index in [4.69, 9.17) is 4.74 Å². The lowest BCUT2D eigenvalue weighted by Crippen LogP contribution is -2.09. The summed E-state index contributed by atoms with van der Waals surface area (Å²) in [6.07, 6.45) is 2.49. The molecule has 6 nitrogen and oxygen atoms in total. The van der Waals surface area contributed by atoms with Gasteiger partial charge in [-0.15, -0.1) is 5.10 Å². The molecule has 1 aromatic heterocycles. The summed E-state index contributed by atoms with van der Waals surface area (Å²) >= 11 is 0. The first-order valence-electron chi connectivity index (χ1n) is 9.43. The first-order valence-corrected chi connectivity index (χ1v) is 9.43. The lowest BCUT2D eigenvalue weighted by atomic mass is 10.1. The van der Waals surface area contributed by atoms with Crippen LogP contribution in [0.25, 0.3) is 0 Å². The van der Waals surface area contributed by atoms with E-state index in [1.807, 2.05) is 72.8 Å². The van der Waals surface area contributed by atoms with E-state index in [-0.39, 0.29) is 0 Å². The zero-order chi connectivity index (χ0) is 19.7. The van der Waals surface area contributed by atoms with E-state index in [9.17, 15) is 0 Å². The Morgan fingerprint density at radius 2 is 1.45 bits per heavy atom. The summed E-state index contributed by atoms with van der Waals surface area (Å²) < 4.78 is 5.81. The number of nitrogens with zero attached hydrogens (tertiary/aromatic N) is 3. The fourth-order valence-corrected chi connectivity index (χ4v) is 2.78. The lowest BCUT2D eigenvalue weighted by Gasteiger charge is -2.09. The molecule has 0 amide bonds. The van der Waals surface area contributed by atoms with Gasteiger partial charge in [0.2, 0.25) is 5.95 Å². The van der Waals surface area contributed by atoms with Crippen molar-refractivity contribution in [3.63, 3.8) is 0 Å². The predicted octanol–water partition coefficient (Wildman–Crippen LogP) is 5.06. The summed E-state index contributed by atoms with van der Waals surface area (Å²) in [7, 11) is 0. The van der Waals surface area contributed by atoms with Crippen molar-refractivity contribution in [2.45, 2.75) is 6.42 Å². The Bertz CT molecular complexity index is 1020. The van der Waals surface area contributed by atoms with Gasteiger partial charge in [0.15, 0.2) is 5.82 Å². The number of hydrogen-bond acceptors (Lipinski definition) is 6. The van der Waals surface area contributed by atoms with Crippen LogP contribution in [0.5, 0.6) is 11.5 Å². The molecular weight excluding hydrogens is 362 g/mol. The fourth-order valence-electron chi connectivity index (χ4n) is 2.78. The monoisotopic (exact) mass is 383 g/mol. The van der Waals surface area contributed by atoms with Crippen LogP contribution in [0.2, 0.25) is 0 Å². The van der Waals surface area contributed by atoms with Gasteiger partial charge in [0.05, 0.1) is 6.20 Å². The molecule has 3 aromatic carbocycles. The molecular formula is C23H21N5O. The summed E-state index contributed by atoms with van der Waals surface area (Å²) in [5.41, 5.74) is 2.15. The van der Waals surface area contributed by atoms with Gasteiger partial charge in [-0.05, 0) is 48.4 Å². The maximum absolute atomic E-state index is 5.81. The Hall–Kier alpha value is -3.93. The maximum atomic E-state index is 5.81. The number of benzene rings is 3. The first-order chi connectivity index (χ1) is 14.3. The molecule has 0 aliphatic rings. The van der Waals surface area contributed by atoms with Crippen LogP contribution in [0.1, 0.15) is 5.56 Å². The molecule has 1 heterocycles. The van der Waals surface area contributed by atoms with E-state index in [0.29, 0.717) is 11.8 Å². The normalized spacial score (nSPS) is 10.3. The van der Waals surface area contributed by atoms with Crippen molar-refractivity contribution in [2.75, 3.05) is 17.2 Å². The van der Waals surface area contributed by atoms with Gasteiger partial charge < -0.3 is 15.4 Å². The Labute approximate surface area is 169 Å². The van der Waals surface area contributed by atoms with E-state index >= 15 is 0 Å². The molecule has 0 atom stereocenters. The van der Waals surface area contributed by atoms with E-state index in [0.717, 1.165) is 30.2 Å². The molecule has 0 spiro atoms. The molecule has 4 rings (SSSR count). The van der Waals surface area contributed by atoms with Crippen molar-refractivity contribution in [1.82, 2.24) is 15.2 Å². The molecule has 0 fully saturated rings. The van der Waals surface area contributed by atoms with Crippen molar-refractivity contribution in [1.29, 1.82) is 0 Å². The second-order valence-electron chi connectivity index (χ2n) is 6.39. The molecule has 4 aromatic rings. The van der Waals surface area contributed by atoms with Crippen LogP contribution < -0.4 is 15.4 Å². The van der Waals surface area contributed by atoms with Gasteiger partial charge in [-0.25, -0.2) is 0 Å². The van der Waals surface area contributed by atoms with Crippen LogP contribution in [0, 0.1) is 0 Å². The molecule has 0 aliphatic heterocycles. The summed E-state index contributed by atoms with van der Waals surface area (Å²) in [5.74, 6) is 2.69. The summed E-state index contributed by atoms with van der Waals surface area (Å²) in [5, 5.41) is 14.5. The van der Waals surface area contributed by atoms with Crippen LogP contribution in [0.4, 0.5) is 17.5 Å². The molecule has 29 heavy (non-hydrogen) atoms. The zero-order valence-electron chi connectivity index (χ0n) is 15.8. The summed E-state index contributed by atoms with van der Waals surface area (Å²) in [6.45, 7) is 0.737. The highest BCUT2D eigenvalue weighted by Gasteiger charge is 2.03. The van der Waals surface area contributed by atoms with Crippen molar-refractivity contribution in [3.8, 4) is 11.5 Å². The Balaban J connectivity index is 1.32. The topological polar surface area (TPSA) is 72.0 Å². The molecule has 2 N–H and O–H groups in total. The van der Waals surface area contributed by atoms with Crippen LogP contribution in [0.15, 0.2) is 91.1 Å². The third-order valence-corrected chi connectivity index (χ3v) is 4.20. The van der Waals surface area contributed by atoms with E-state index in [2.05, 4.69) is 37.9 Å².